The molecule has 0 aromatic heterocycles. The first-order valence-electron chi connectivity index (χ1n) is 6.70. The Bertz CT molecular complexity index is 262. The topological polar surface area (TPSA) is 41.3 Å². The van der Waals surface area contributed by atoms with E-state index in [0.717, 1.165) is 12.3 Å². The zero-order chi connectivity index (χ0) is 13.1. The van der Waals surface area contributed by atoms with Gasteiger partial charge < -0.3 is 4.90 Å². The Morgan fingerprint density at radius 3 is 2.65 bits per heavy atom. The molecule has 1 aliphatic carbocycles. The van der Waals surface area contributed by atoms with Crippen LogP contribution in [0.2, 0.25) is 0 Å². The van der Waals surface area contributed by atoms with Crippen molar-refractivity contribution in [3.05, 3.63) is 12.2 Å². The molecule has 1 fully saturated rings. The van der Waals surface area contributed by atoms with Gasteiger partial charge >= 0.3 is 0 Å². The van der Waals surface area contributed by atoms with Gasteiger partial charge in [-0.2, -0.15) is 0 Å². The molecule has 1 rings (SSSR count). The van der Waals surface area contributed by atoms with Crippen molar-refractivity contribution in [3.8, 4) is 0 Å². The van der Waals surface area contributed by atoms with Gasteiger partial charge in [-0.3, -0.25) is 11.3 Å². The lowest BCUT2D eigenvalue weighted by Crippen LogP contribution is -2.62. The SMILES string of the molecule is C=C(C)CC(NN)C1(N(C)C)CCCC(C)C1. The minimum atomic E-state index is 0.186. The molecule has 0 saturated heterocycles. The summed E-state index contributed by atoms with van der Waals surface area (Å²) in [6.45, 7) is 8.47. The molecule has 0 spiro atoms. The highest BCUT2D eigenvalue weighted by atomic mass is 15.3. The van der Waals surface area contributed by atoms with Gasteiger partial charge in [0.05, 0.1) is 0 Å². The van der Waals surface area contributed by atoms with Gasteiger partial charge in [0.1, 0.15) is 0 Å². The number of nitrogens with one attached hydrogen (secondary N) is 1. The molecule has 3 atom stereocenters. The van der Waals surface area contributed by atoms with Crippen LogP contribution in [0, 0.1) is 5.92 Å². The molecule has 0 amide bonds. The largest absolute Gasteiger partial charge is 0.302 e. The summed E-state index contributed by atoms with van der Waals surface area (Å²) in [6, 6.07) is 0.303. The van der Waals surface area contributed by atoms with Crippen molar-refractivity contribution in [2.75, 3.05) is 14.1 Å². The van der Waals surface area contributed by atoms with E-state index in [1.54, 1.807) is 0 Å². The Balaban J connectivity index is 2.91. The van der Waals surface area contributed by atoms with E-state index >= 15 is 0 Å². The zero-order valence-electron chi connectivity index (χ0n) is 11.9. The van der Waals surface area contributed by atoms with Gasteiger partial charge in [0, 0.05) is 11.6 Å². The number of likely N-dealkylation sites (N-methyl/N-ethyl adjacent to an activating group) is 1. The predicted octanol–water partition coefficient (Wildman–Crippen LogP) is 2.29. The lowest BCUT2D eigenvalue weighted by molar-refractivity contribution is 0.0373. The summed E-state index contributed by atoms with van der Waals surface area (Å²) in [7, 11) is 4.36. The van der Waals surface area contributed by atoms with Gasteiger partial charge in [-0.15, -0.1) is 6.58 Å². The average Bonchev–Trinajstić information content (AvgIpc) is 2.25. The monoisotopic (exact) mass is 239 g/mol. The Hall–Kier alpha value is -0.380. The maximum atomic E-state index is 5.80. The van der Waals surface area contributed by atoms with Crippen LogP contribution in [0.25, 0.3) is 0 Å². The number of hydrogen-bond acceptors (Lipinski definition) is 3. The first-order valence-corrected chi connectivity index (χ1v) is 6.70. The highest BCUT2D eigenvalue weighted by Gasteiger charge is 2.43. The van der Waals surface area contributed by atoms with Crippen LogP contribution in [0.1, 0.15) is 46.0 Å². The van der Waals surface area contributed by atoms with Crippen LogP contribution in [0.5, 0.6) is 0 Å². The molecule has 0 bridgehead atoms. The van der Waals surface area contributed by atoms with E-state index in [2.05, 4.69) is 44.8 Å². The quantitative estimate of drug-likeness (QED) is 0.439. The first-order chi connectivity index (χ1) is 7.92. The van der Waals surface area contributed by atoms with E-state index in [1.165, 1.54) is 31.3 Å². The summed E-state index contributed by atoms with van der Waals surface area (Å²) in [6.07, 6.45) is 6.06. The second-order valence-electron chi connectivity index (χ2n) is 6.08. The lowest BCUT2D eigenvalue weighted by Gasteiger charge is -2.50. The van der Waals surface area contributed by atoms with Crippen molar-refractivity contribution in [2.24, 2.45) is 11.8 Å². The van der Waals surface area contributed by atoms with Crippen LogP contribution < -0.4 is 11.3 Å². The smallest absolute Gasteiger partial charge is 0.0431 e. The zero-order valence-corrected chi connectivity index (χ0v) is 11.9. The lowest BCUT2D eigenvalue weighted by atomic mass is 9.70. The maximum Gasteiger partial charge on any atom is 0.0431 e. The van der Waals surface area contributed by atoms with E-state index in [0.29, 0.717) is 6.04 Å². The van der Waals surface area contributed by atoms with Crippen LogP contribution in [0.4, 0.5) is 0 Å². The molecular formula is C14H29N3. The average molecular weight is 239 g/mol. The summed E-state index contributed by atoms with van der Waals surface area (Å²) in [5.41, 5.74) is 4.43. The molecule has 3 nitrogen and oxygen atoms in total. The number of hydrazine groups is 1. The molecule has 0 aliphatic heterocycles. The Kier molecular flexibility index (Phi) is 5.17. The van der Waals surface area contributed by atoms with Gasteiger partial charge in [-0.25, -0.2) is 0 Å². The molecule has 0 aromatic rings. The number of nitrogens with two attached hydrogens (primary N) is 1. The van der Waals surface area contributed by atoms with Crippen LogP contribution in [-0.2, 0) is 0 Å². The van der Waals surface area contributed by atoms with Crippen molar-refractivity contribution in [1.82, 2.24) is 10.3 Å². The Labute approximate surface area is 106 Å². The third-order valence-corrected chi connectivity index (χ3v) is 4.30. The van der Waals surface area contributed by atoms with Gasteiger partial charge in [0.2, 0.25) is 0 Å². The molecule has 17 heavy (non-hydrogen) atoms. The van der Waals surface area contributed by atoms with E-state index in [1.807, 2.05) is 0 Å². The van der Waals surface area contributed by atoms with Crippen molar-refractivity contribution < 1.29 is 0 Å². The van der Waals surface area contributed by atoms with Crippen molar-refractivity contribution in [3.63, 3.8) is 0 Å². The molecule has 0 heterocycles. The molecule has 3 N–H and O–H groups in total. The fourth-order valence-electron chi connectivity index (χ4n) is 3.35. The van der Waals surface area contributed by atoms with Gasteiger partial charge in [0.15, 0.2) is 0 Å². The molecule has 0 aromatic carbocycles. The highest BCUT2D eigenvalue weighted by Crippen LogP contribution is 2.39. The molecule has 3 heteroatoms. The molecular weight excluding hydrogens is 210 g/mol. The maximum absolute atomic E-state index is 5.80. The minimum Gasteiger partial charge on any atom is -0.302 e. The third kappa shape index (κ3) is 3.30. The summed E-state index contributed by atoms with van der Waals surface area (Å²) in [5.74, 6) is 6.59. The molecule has 1 aliphatic rings. The molecule has 1 saturated carbocycles. The summed E-state index contributed by atoms with van der Waals surface area (Å²) in [4.78, 5) is 2.37. The fraction of sp³-hybridized carbons (Fsp3) is 0.857. The second-order valence-corrected chi connectivity index (χ2v) is 6.08. The summed E-state index contributed by atoms with van der Waals surface area (Å²) in [5, 5.41) is 0. The van der Waals surface area contributed by atoms with Crippen LogP contribution in [0.15, 0.2) is 12.2 Å². The Morgan fingerprint density at radius 2 is 2.24 bits per heavy atom. The first kappa shape index (κ1) is 14.7. The van der Waals surface area contributed by atoms with Gasteiger partial charge in [-0.1, -0.05) is 25.3 Å². The van der Waals surface area contributed by atoms with E-state index in [-0.39, 0.29) is 5.54 Å². The second kappa shape index (κ2) is 5.98. The molecule has 3 unspecified atom stereocenters. The normalized spacial score (nSPS) is 31.5. The number of hydrogen-bond donors (Lipinski definition) is 2. The van der Waals surface area contributed by atoms with Gasteiger partial charge in [-0.05, 0) is 46.2 Å². The third-order valence-electron chi connectivity index (χ3n) is 4.30. The van der Waals surface area contributed by atoms with Crippen molar-refractivity contribution in [2.45, 2.75) is 57.5 Å². The minimum absolute atomic E-state index is 0.186. The van der Waals surface area contributed by atoms with Gasteiger partial charge in [0.25, 0.3) is 0 Å². The molecule has 0 radical (unpaired) electrons. The number of rotatable bonds is 5. The standard InChI is InChI=1S/C14H29N3/c1-11(2)9-13(16-15)14(17(4)5)8-6-7-12(3)10-14/h12-13,16H,1,6-10,15H2,2-5H3. The predicted molar refractivity (Wildman–Crippen MR) is 74.6 cm³/mol. The van der Waals surface area contributed by atoms with Crippen LogP contribution >= 0.6 is 0 Å². The summed E-state index contributed by atoms with van der Waals surface area (Å²) < 4.78 is 0. The summed E-state index contributed by atoms with van der Waals surface area (Å²) >= 11 is 0. The van der Waals surface area contributed by atoms with E-state index in [9.17, 15) is 0 Å². The van der Waals surface area contributed by atoms with E-state index < -0.39 is 0 Å². The van der Waals surface area contributed by atoms with Crippen molar-refractivity contribution >= 4 is 0 Å². The van der Waals surface area contributed by atoms with Crippen LogP contribution in [0.3, 0.4) is 0 Å². The van der Waals surface area contributed by atoms with E-state index in [4.69, 9.17) is 5.84 Å². The van der Waals surface area contributed by atoms with Crippen LogP contribution in [-0.4, -0.2) is 30.6 Å². The van der Waals surface area contributed by atoms with Crippen molar-refractivity contribution in [1.29, 1.82) is 0 Å². The number of nitrogens with zero attached hydrogens (tertiary/aromatic N) is 1. The fourth-order valence-corrected chi connectivity index (χ4v) is 3.35. The Morgan fingerprint density at radius 1 is 1.59 bits per heavy atom. The highest BCUT2D eigenvalue weighted by molar-refractivity contribution is 5.06. The molecule has 100 valence electrons.